The van der Waals surface area contributed by atoms with Crippen LogP contribution in [0.15, 0.2) is 6.33 Å². The highest BCUT2D eigenvalue weighted by atomic mass is 35.5. The van der Waals surface area contributed by atoms with Gasteiger partial charge < -0.3 is 10.5 Å². The molecule has 1 aromatic rings. The molecular weight excluding hydrogens is 214 g/mol. The van der Waals surface area contributed by atoms with E-state index in [-0.39, 0.29) is 10.6 Å². The molecule has 0 aliphatic heterocycles. The van der Waals surface area contributed by atoms with Crippen molar-refractivity contribution in [1.82, 2.24) is 9.97 Å². The van der Waals surface area contributed by atoms with Crippen LogP contribution >= 0.6 is 11.6 Å². The maximum Gasteiger partial charge on any atom is 0.241 e. The summed E-state index contributed by atoms with van der Waals surface area (Å²) in [6.45, 7) is 7.01. The van der Waals surface area contributed by atoms with Crippen molar-refractivity contribution in [2.45, 2.75) is 27.2 Å². The minimum Gasteiger partial charge on any atom is -0.476 e. The first-order valence-corrected chi connectivity index (χ1v) is 5.17. The Morgan fingerprint density at radius 2 is 2.07 bits per heavy atom. The Bertz CT molecular complexity index is 336. The van der Waals surface area contributed by atoms with Gasteiger partial charge in [-0.25, -0.2) is 4.98 Å². The quantitative estimate of drug-likeness (QED) is 0.810. The summed E-state index contributed by atoms with van der Waals surface area (Å²) in [5, 5.41) is 0.232. The van der Waals surface area contributed by atoms with Crippen molar-refractivity contribution in [2.75, 3.05) is 12.3 Å². The number of nitrogens with zero attached hydrogens (tertiary/aromatic N) is 2. The third-order valence-electron chi connectivity index (χ3n) is 1.89. The number of halogens is 1. The molecule has 0 spiro atoms. The molecule has 0 saturated heterocycles. The molecular formula is C10H16ClN3O. The summed E-state index contributed by atoms with van der Waals surface area (Å²) in [5.41, 5.74) is 6.18. The number of aromatic nitrogens is 2. The number of nitrogen functional groups attached to an aromatic ring is 1. The van der Waals surface area contributed by atoms with Gasteiger partial charge in [-0.2, -0.15) is 4.98 Å². The first kappa shape index (κ1) is 12.0. The fraction of sp³-hybridized carbons (Fsp3) is 0.600. The molecule has 1 aromatic heterocycles. The molecule has 0 amide bonds. The van der Waals surface area contributed by atoms with Gasteiger partial charge in [0.15, 0.2) is 5.15 Å². The lowest BCUT2D eigenvalue weighted by Gasteiger charge is -2.18. The Labute approximate surface area is 94.8 Å². The van der Waals surface area contributed by atoms with Gasteiger partial charge in [0.25, 0.3) is 0 Å². The number of anilines is 1. The molecule has 1 heterocycles. The van der Waals surface area contributed by atoms with Crippen LogP contribution in [-0.2, 0) is 0 Å². The third-order valence-corrected chi connectivity index (χ3v) is 2.19. The number of hydrogen-bond acceptors (Lipinski definition) is 4. The number of nitrogens with two attached hydrogens (primary N) is 1. The molecule has 84 valence electrons. The third kappa shape index (κ3) is 3.91. The Morgan fingerprint density at radius 3 is 2.67 bits per heavy atom. The fourth-order valence-electron chi connectivity index (χ4n) is 0.928. The molecule has 5 heteroatoms. The van der Waals surface area contributed by atoms with Gasteiger partial charge in [-0.3, -0.25) is 0 Å². The van der Waals surface area contributed by atoms with Crippen LogP contribution in [0.2, 0.25) is 5.15 Å². The van der Waals surface area contributed by atoms with E-state index in [1.165, 1.54) is 6.33 Å². The van der Waals surface area contributed by atoms with Gasteiger partial charge in [0, 0.05) is 0 Å². The summed E-state index contributed by atoms with van der Waals surface area (Å²) in [4.78, 5) is 7.66. The van der Waals surface area contributed by atoms with Gasteiger partial charge in [0.2, 0.25) is 5.88 Å². The van der Waals surface area contributed by atoms with Gasteiger partial charge in [-0.1, -0.05) is 32.4 Å². The second kappa shape index (κ2) is 4.66. The van der Waals surface area contributed by atoms with Crippen molar-refractivity contribution in [1.29, 1.82) is 0 Å². The molecule has 0 atom stereocenters. The molecule has 0 aromatic carbocycles. The largest absolute Gasteiger partial charge is 0.476 e. The molecule has 0 radical (unpaired) electrons. The molecule has 0 fully saturated rings. The van der Waals surface area contributed by atoms with Crippen LogP contribution in [0.5, 0.6) is 5.88 Å². The summed E-state index contributed by atoms with van der Waals surface area (Å²) < 4.78 is 5.43. The molecule has 0 aliphatic rings. The summed E-state index contributed by atoms with van der Waals surface area (Å²) in [7, 11) is 0. The molecule has 0 unspecified atom stereocenters. The van der Waals surface area contributed by atoms with Crippen molar-refractivity contribution >= 4 is 17.3 Å². The molecule has 0 bridgehead atoms. The maximum atomic E-state index is 5.73. The van der Waals surface area contributed by atoms with E-state index in [0.717, 1.165) is 6.42 Å². The van der Waals surface area contributed by atoms with E-state index in [0.29, 0.717) is 18.2 Å². The average molecular weight is 230 g/mol. The zero-order valence-corrected chi connectivity index (χ0v) is 10.0. The molecule has 1 rings (SSSR count). The molecule has 15 heavy (non-hydrogen) atoms. The summed E-state index contributed by atoms with van der Waals surface area (Å²) in [6, 6.07) is 0. The smallest absolute Gasteiger partial charge is 0.241 e. The minimum absolute atomic E-state index is 0.228. The zero-order valence-electron chi connectivity index (χ0n) is 9.25. The zero-order chi connectivity index (χ0) is 11.5. The Kier molecular flexibility index (Phi) is 3.74. The normalized spacial score (nSPS) is 11.5. The lowest BCUT2D eigenvalue weighted by molar-refractivity contribution is 0.237. The highest BCUT2D eigenvalue weighted by molar-refractivity contribution is 6.32. The summed E-state index contributed by atoms with van der Waals surface area (Å²) in [5.74, 6) is 0.360. The fourth-order valence-corrected chi connectivity index (χ4v) is 1.05. The highest BCUT2D eigenvalue weighted by Crippen LogP contribution is 2.25. The molecule has 2 N–H and O–H groups in total. The van der Waals surface area contributed by atoms with Crippen molar-refractivity contribution in [3.05, 3.63) is 11.5 Å². The first-order valence-electron chi connectivity index (χ1n) is 4.79. The van der Waals surface area contributed by atoms with E-state index in [9.17, 15) is 0 Å². The Morgan fingerprint density at radius 1 is 1.40 bits per heavy atom. The van der Waals surface area contributed by atoms with E-state index in [4.69, 9.17) is 22.1 Å². The van der Waals surface area contributed by atoms with Gasteiger partial charge in [0.1, 0.15) is 12.0 Å². The Balaban J connectivity index is 2.55. The lowest BCUT2D eigenvalue weighted by Crippen LogP contribution is -2.12. The summed E-state index contributed by atoms with van der Waals surface area (Å²) >= 11 is 5.73. The second-order valence-electron chi connectivity index (χ2n) is 4.54. The topological polar surface area (TPSA) is 61.0 Å². The lowest BCUT2D eigenvalue weighted by atomic mass is 9.93. The van der Waals surface area contributed by atoms with Crippen LogP contribution in [0.25, 0.3) is 0 Å². The first-order chi connectivity index (χ1) is 6.90. The van der Waals surface area contributed by atoms with Crippen LogP contribution in [0.3, 0.4) is 0 Å². The SMILES string of the molecule is CC(C)(C)CCOc1ncnc(Cl)c1N. The van der Waals surface area contributed by atoms with Crippen LogP contribution in [0.4, 0.5) is 5.69 Å². The van der Waals surface area contributed by atoms with Gasteiger partial charge in [-0.05, 0) is 11.8 Å². The molecule has 0 aliphatic carbocycles. The number of hydrogen-bond donors (Lipinski definition) is 1. The monoisotopic (exact) mass is 229 g/mol. The van der Waals surface area contributed by atoms with Crippen LogP contribution < -0.4 is 10.5 Å². The average Bonchev–Trinajstić information content (AvgIpc) is 2.10. The van der Waals surface area contributed by atoms with Gasteiger partial charge in [0.05, 0.1) is 6.61 Å². The van der Waals surface area contributed by atoms with E-state index < -0.39 is 0 Å². The highest BCUT2D eigenvalue weighted by Gasteiger charge is 2.12. The predicted octanol–water partition coefficient (Wildman–Crippen LogP) is 2.53. The summed E-state index contributed by atoms with van der Waals surface area (Å²) in [6.07, 6.45) is 2.26. The minimum atomic E-state index is 0.228. The number of rotatable bonds is 3. The van der Waals surface area contributed by atoms with E-state index in [2.05, 4.69) is 30.7 Å². The van der Waals surface area contributed by atoms with E-state index >= 15 is 0 Å². The van der Waals surface area contributed by atoms with Crippen molar-refractivity contribution < 1.29 is 4.74 Å². The van der Waals surface area contributed by atoms with E-state index in [1.54, 1.807) is 0 Å². The van der Waals surface area contributed by atoms with Crippen LogP contribution in [-0.4, -0.2) is 16.6 Å². The van der Waals surface area contributed by atoms with Crippen LogP contribution in [0, 0.1) is 5.41 Å². The van der Waals surface area contributed by atoms with Crippen molar-refractivity contribution in [3.8, 4) is 5.88 Å². The number of ether oxygens (including phenoxy) is 1. The van der Waals surface area contributed by atoms with Crippen molar-refractivity contribution in [2.24, 2.45) is 5.41 Å². The van der Waals surface area contributed by atoms with Crippen LogP contribution in [0.1, 0.15) is 27.2 Å². The van der Waals surface area contributed by atoms with Gasteiger partial charge in [-0.15, -0.1) is 0 Å². The predicted molar refractivity (Wildman–Crippen MR) is 61.0 cm³/mol. The molecule has 0 saturated carbocycles. The van der Waals surface area contributed by atoms with Gasteiger partial charge >= 0.3 is 0 Å². The van der Waals surface area contributed by atoms with E-state index in [1.807, 2.05) is 0 Å². The molecule has 4 nitrogen and oxygen atoms in total. The Hall–Kier alpha value is -1.03. The maximum absolute atomic E-state index is 5.73. The van der Waals surface area contributed by atoms with Crippen molar-refractivity contribution in [3.63, 3.8) is 0 Å². The standard InChI is InChI=1S/C10H16ClN3O/c1-10(2,3)4-5-15-9-7(12)8(11)13-6-14-9/h6H,4-5,12H2,1-3H3. The second-order valence-corrected chi connectivity index (χ2v) is 4.90.